The molecule has 2 rings (SSSR count). The summed E-state index contributed by atoms with van der Waals surface area (Å²) in [6, 6.07) is 4.10. The fourth-order valence-corrected chi connectivity index (χ4v) is 2.06. The normalized spacial score (nSPS) is 20.2. The molecule has 1 unspecified atom stereocenters. The Bertz CT molecular complexity index is 504. The van der Waals surface area contributed by atoms with Gasteiger partial charge in [-0.3, -0.25) is 9.59 Å². The molecule has 18 heavy (non-hydrogen) atoms. The first-order valence-electron chi connectivity index (χ1n) is 5.50. The minimum atomic E-state index is -0.661. The van der Waals surface area contributed by atoms with Crippen LogP contribution in [0.15, 0.2) is 18.2 Å². The highest BCUT2D eigenvalue weighted by Gasteiger charge is 2.34. The van der Waals surface area contributed by atoms with Crippen molar-refractivity contribution in [2.24, 2.45) is 5.73 Å². The maximum absolute atomic E-state index is 12.0. The third-order valence-corrected chi connectivity index (χ3v) is 3.07. The first-order chi connectivity index (χ1) is 8.54. The molecule has 1 aliphatic rings. The highest BCUT2D eigenvalue weighted by atomic mass is 35.5. The second-order valence-electron chi connectivity index (χ2n) is 4.03. The molecule has 1 aromatic carbocycles. The van der Waals surface area contributed by atoms with E-state index >= 15 is 0 Å². The first kappa shape index (κ1) is 12.9. The number of benzene rings is 1. The number of carbonyl (C=O) groups is 2. The molecule has 96 valence electrons. The van der Waals surface area contributed by atoms with E-state index in [9.17, 15) is 9.59 Å². The molecular weight excluding hydrogens is 256 g/mol. The zero-order chi connectivity index (χ0) is 13.3. The number of ether oxygens (including phenoxy) is 1. The molecule has 5 nitrogen and oxygen atoms in total. The van der Waals surface area contributed by atoms with E-state index in [1.165, 1.54) is 13.2 Å². The summed E-state index contributed by atoms with van der Waals surface area (Å²) in [6.45, 7) is 0. The first-order valence-corrected chi connectivity index (χ1v) is 5.88. The molecule has 0 radical (unpaired) electrons. The molecule has 0 spiro atoms. The standard InChI is InChI=1S/C12H13ClN2O3/c1-18-10-4-2-7(13)6-9(10)15-11(16)5-3-8(14)12(15)17/h2,4,6,8H,3,5,14H2,1H3. The van der Waals surface area contributed by atoms with Crippen LogP contribution < -0.4 is 15.4 Å². The van der Waals surface area contributed by atoms with E-state index < -0.39 is 11.9 Å². The van der Waals surface area contributed by atoms with Gasteiger partial charge in [0.2, 0.25) is 5.91 Å². The molecule has 1 saturated heterocycles. The summed E-state index contributed by atoms with van der Waals surface area (Å²) in [5.41, 5.74) is 6.02. The van der Waals surface area contributed by atoms with Crippen molar-refractivity contribution in [1.82, 2.24) is 0 Å². The summed E-state index contributed by atoms with van der Waals surface area (Å²) in [5, 5.41) is 0.422. The number of halogens is 1. The van der Waals surface area contributed by atoms with Crippen molar-refractivity contribution in [2.75, 3.05) is 12.0 Å². The third-order valence-electron chi connectivity index (χ3n) is 2.84. The molecule has 1 heterocycles. The summed E-state index contributed by atoms with van der Waals surface area (Å²) >= 11 is 5.89. The smallest absolute Gasteiger partial charge is 0.250 e. The summed E-state index contributed by atoms with van der Waals surface area (Å²) in [4.78, 5) is 24.9. The molecular formula is C12H13ClN2O3. The fraction of sp³-hybridized carbons (Fsp3) is 0.333. The van der Waals surface area contributed by atoms with E-state index in [-0.39, 0.29) is 12.3 Å². The van der Waals surface area contributed by atoms with Gasteiger partial charge in [0.05, 0.1) is 18.8 Å². The largest absolute Gasteiger partial charge is 0.495 e. The van der Waals surface area contributed by atoms with Crippen LogP contribution in [-0.2, 0) is 9.59 Å². The van der Waals surface area contributed by atoms with Gasteiger partial charge in [0.1, 0.15) is 5.75 Å². The molecule has 2 amide bonds. The van der Waals surface area contributed by atoms with E-state index in [1.54, 1.807) is 12.1 Å². The molecule has 1 fully saturated rings. The minimum Gasteiger partial charge on any atom is -0.495 e. The molecule has 0 saturated carbocycles. The van der Waals surface area contributed by atoms with Crippen molar-refractivity contribution in [3.8, 4) is 5.75 Å². The molecule has 0 aliphatic carbocycles. The second-order valence-corrected chi connectivity index (χ2v) is 4.47. The van der Waals surface area contributed by atoms with Gasteiger partial charge in [-0.15, -0.1) is 0 Å². The van der Waals surface area contributed by atoms with Crippen LogP contribution in [0, 0.1) is 0 Å². The molecule has 2 N–H and O–H groups in total. The van der Waals surface area contributed by atoms with Crippen LogP contribution in [0.3, 0.4) is 0 Å². The van der Waals surface area contributed by atoms with Gasteiger partial charge in [-0.2, -0.15) is 0 Å². The van der Waals surface area contributed by atoms with E-state index in [4.69, 9.17) is 22.1 Å². The van der Waals surface area contributed by atoms with Crippen molar-refractivity contribution in [2.45, 2.75) is 18.9 Å². The van der Waals surface area contributed by atoms with Gasteiger partial charge >= 0.3 is 0 Å². The lowest BCUT2D eigenvalue weighted by Crippen LogP contribution is -2.51. The number of hydrogen-bond donors (Lipinski definition) is 1. The molecule has 0 bridgehead atoms. The van der Waals surface area contributed by atoms with Gasteiger partial charge in [-0.25, -0.2) is 4.90 Å². The van der Waals surface area contributed by atoms with Gasteiger partial charge < -0.3 is 10.5 Å². The summed E-state index contributed by atoms with van der Waals surface area (Å²) in [5.74, 6) is -0.302. The monoisotopic (exact) mass is 268 g/mol. The second kappa shape index (κ2) is 4.96. The topological polar surface area (TPSA) is 72.6 Å². The van der Waals surface area contributed by atoms with Crippen molar-refractivity contribution >= 4 is 29.1 Å². The average molecular weight is 269 g/mol. The molecule has 1 aliphatic heterocycles. The molecule has 6 heteroatoms. The van der Waals surface area contributed by atoms with Gasteiger partial charge in [0.25, 0.3) is 5.91 Å². The van der Waals surface area contributed by atoms with Crippen LogP contribution in [0.1, 0.15) is 12.8 Å². The average Bonchev–Trinajstić information content (AvgIpc) is 2.35. The number of piperidine rings is 1. The van der Waals surface area contributed by atoms with Crippen LogP contribution in [-0.4, -0.2) is 25.0 Å². The maximum Gasteiger partial charge on any atom is 0.250 e. The number of methoxy groups -OCH3 is 1. The lowest BCUT2D eigenvalue weighted by molar-refractivity contribution is -0.130. The summed E-state index contributed by atoms with van der Waals surface area (Å²) in [6.07, 6.45) is 0.611. The SMILES string of the molecule is COc1ccc(Cl)cc1N1C(=O)CCC(N)C1=O. The molecule has 1 atom stereocenters. The van der Waals surface area contributed by atoms with Crippen molar-refractivity contribution in [3.63, 3.8) is 0 Å². The predicted octanol–water partition coefficient (Wildman–Crippen LogP) is 1.33. The number of carbonyl (C=O) groups excluding carboxylic acids is 2. The van der Waals surface area contributed by atoms with E-state index in [1.807, 2.05) is 0 Å². The molecule has 1 aromatic rings. The number of amides is 2. The van der Waals surface area contributed by atoms with E-state index in [0.29, 0.717) is 22.9 Å². The Kier molecular flexibility index (Phi) is 3.54. The van der Waals surface area contributed by atoms with Crippen LogP contribution >= 0.6 is 11.6 Å². The van der Waals surface area contributed by atoms with Crippen molar-refractivity contribution in [3.05, 3.63) is 23.2 Å². The van der Waals surface area contributed by atoms with Crippen LogP contribution in [0.25, 0.3) is 0 Å². The lowest BCUT2D eigenvalue weighted by Gasteiger charge is -2.29. The zero-order valence-corrected chi connectivity index (χ0v) is 10.6. The molecule has 0 aromatic heterocycles. The minimum absolute atomic E-state index is 0.239. The van der Waals surface area contributed by atoms with Crippen LogP contribution in [0.2, 0.25) is 5.02 Å². The number of hydrogen-bond acceptors (Lipinski definition) is 4. The quantitative estimate of drug-likeness (QED) is 0.822. The Labute approximate surface area is 109 Å². The summed E-state index contributed by atoms with van der Waals surface area (Å²) in [7, 11) is 1.46. The number of nitrogens with zero attached hydrogens (tertiary/aromatic N) is 1. The van der Waals surface area contributed by atoms with Crippen molar-refractivity contribution < 1.29 is 14.3 Å². The van der Waals surface area contributed by atoms with Gasteiger partial charge in [0, 0.05) is 11.4 Å². The Balaban J connectivity index is 2.48. The summed E-state index contributed by atoms with van der Waals surface area (Å²) < 4.78 is 5.14. The fourth-order valence-electron chi connectivity index (χ4n) is 1.89. The third kappa shape index (κ3) is 2.19. The maximum atomic E-state index is 12.0. The van der Waals surface area contributed by atoms with E-state index in [0.717, 1.165) is 4.90 Å². The van der Waals surface area contributed by atoms with Crippen LogP contribution in [0.4, 0.5) is 5.69 Å². The number of nitrogens with two attached hydrogens (primary N) is 1. The van der Waals surface area contributed by atoms with Crippen LogP contribution in [0.5, 0.6) is 5.75 Å². The Morgan fingerprint density at radius 1 is 1.44 bits per heavy atom. The van der Waals surface area contributed by atoms with Crippen molar-refractivity contribution in [1.29, 1.82) is 0 Å². The van der Waals surface area contributed by atoms with Gasteiger partial charge in [0.15, 0.2) is 0 Å². The number of imide groups is 1. The lowest BCUT2D eigenvalue weighted by atomic mass is 10.0. The number of anilines is 1. The Morgan fingerprint density at radius 2 is 2.17 bits per heavy atom. The zero-order valence-electron chi connectivity index (χ0n) is 9.85. The number of rotatable bonds is 2. The Hall–Kier alpha value is -1.59. The highest BCUT2D eigenvalue weighted by molar-refractivity contribution is 6.31. The highest BCUT2D eigenvalue weighted by Crippen LogP contribution is 2.33. The predicted molar refractivity (Wildman–Crippen MR) is 67.7 cm³/mol. The van der Waals surface area contributed by atoms with E-state index in [2.05, 4.69) is 0 Å². The van der Waals surface area contributed by atoms with Gasteiger partial charge in [-0.1, -0.05) is 11.6 Å². The Morgan fingerprint density at radius 3 is 2.83 bits per heavy atom. The van der Waals surface area contributed by atoms with Gasteiger partial charge in [-0.05, 0) is 24.6 Å².